The van der Waals surface area contributed by atoms with Gasteiger partial charge < -0.3 is 22.1 Å². The summed E-state index contributed by atoms with van der Waals surface area (Å²) < 4.78 is 38.1. The van der Waals surface area contributed by atoms with E-state index in [0.29, 0.717) is 5.56 Å². The van der Waals surface area contributed by atoms with Gasteiger partial charge in [-0.05, 0) is 37.5 Å². The molecule has 0 radical (unpaired) electrons. The molecule has 2 aromatic rings. The number of nitro groups is 1. The molecule has 1 aromatic heterocycles. The smallest absolute Gasteiger partial charge is 1.00 e. The van der Waals surface area contributed by atoms with Crippen molar-refractivity contribution in [1.29, 1.82) is 0 Å². The summed E-state index contributed by atoms with van der Waals surface area (Å²) in [5, 5.41) is 18.4. The molecule has 2 amide bonds. The van der Waals surface area contributed by atoms with Crippen LogP contribution < -0.4 is 40.6 Å². The molecule has 2 unspecified atom stereocenters. The van der Waals surface area contributed by atoms with Gasteiger partial charge >= 0.3 is 45.8 Å². The SMILES string of the molecule is CC(C)C1C(NC(=O)/C(=N\OC(C)(C)C(=O)OCc2ccc([N+](=O)[O-])cc2)c2csc(N)n2)C(=O)N1S(=O)(=O)O.[H-].[Na+]. The molecule has 0 saturated carbocycles. The zero-order chi connectivity index (χ0) is 30.0. The summed E-state index contributed by atoms with van der Waals surface area (Å²) in [4.78, 5) is 57.8. The second-order valence-electron chi connectivity index (χ2n) is 9.41. The number of rotatable bonds is 11. The van der Waals surface area contributed by atoms with Crippen molar-refractivity contribution in [1.82, 2.24) is 14.6 Å². The van der Waals surface area contributed by atoms with Crippen molar-refractivity contribution >= 4 is 56.0 Å². The number of carbonyl (C=O) groups is 3. The average Bonchev–Trinajstić information content (AvgIpc) is 3.28. The number of hydrogen-bond acceptors (Lipinski definition) is 13. The number of β-lactam (4-membered cyclic amide) rings is 1. The number of esters is 1. The second-order valence-corrected chi connectivity index (χ2v) is 11.6. The molecule has 1 aliphatic heterocycles. The number of nitrogens with two attached hydrogens (primary N) is 1. The van der Waals surface area contributed by atoms with Crippen LogP contribution in [-0.4, -0.2) is 68.4 Å². The molecule has 0 bridgehead atoms. The molecular formula is C22H27N6NaO10S2. The first-order chi connectivity index (χ1) is 18.5. The Hall–Kier alpha value is -3.16. The molecule has 4 N–H and O–H groups in total. The number of hydrogen-bond donors (Lipinski definition) is 3. The number of carbonyl (C=O) groups excluding carboxylic acids is 3. The fourth-order valence-electron chi connectivity index (χ4n) is 3.60. The second kappa shape index (κ2) is 13.2. The summed E-state index contributed by atoms with van der Waals surface area (Å²) in [6.45, 7) is 5.59. The normalized spacial score (nSPS) is 17.4. The number of ether oxygens (including phenoxy) is 1. The Kier molecular flexibility index (Phi) is 11.0. The van der Waals surface area contributed by atoms with Crippen LogP contribution >= 0.6 is 11.3 Å². The Labute approximate surface area is 262 Å². The van der Waals surface area contributed by atoms with Crippen LogP contribution in [0.1, 0.15) is 40.4 Å². The number of nitrogens with one attached hydrogen (secondary N) is 1. The van der Waals surface area contributed by atoms with Crippen molar-refractivity contribution in [3.05, 3.63) is 51.0 Å². The van der Waals surface area contributed by atoms with Crippen LogP contribution in [0.25, 0.3) is 0 Å². The Morgan fingerprint density at radius 3 is 2.44 bits per heavy atom. The van der Waals surface area contributed by atoms with Gasteiger partial charge in [0.25, 0.3) is 17.5 Å². The van der Waals surface area contributed by atoms with E-state index in [-0.39, 0.29) is 58.4 Å². The van der Waals surface area contributed by atoms with Gasteiger partial charge in [0.2, 0.25) is 5.60 Å². The number of benzene rings is 1. The van der Waals surface area contributed by atoms with Crippen LogP contribution in [-0.2, 0) is 40.9 Å². The van der Waals surface area contributed by atoms with Gasteiger partial charge in [-0.1, -0.05) is 19.0 Å². The van der Waals surface area contributed by atoms with E-state index in [1.807, 2.05) is 0 Å². The number of nitrogens with zero attached hydrogens (tertiary/aromatic N) is 4. The predicted octanol–water partition coefficient (Wildman–Crippen LogP) is -1.85. The van der Waals surface area contributed by atoms with Crippen molar-refractivity contribution in [3.63, 3.8) is 0 Å². The van der Waals surface area contributed by atoms with Crippen LogP contribution in [0.4, 0.5) is 10.8 Å². The van der Waals surface area contributed by atoms with Crippen LogP contribution in [0.15, 0.2) is 34.8 Å². The third kappa shape index (κ3) is 7.98. The minimum absolute atomic E-state index is 0. The number of thiazole rings is 1. The predicted molar refractivity (Wildman–Crippen MR) is 141 cm³/mol. The quantitative estimate of drug-likeness (QED) is 0.0476. The van der Waals surface area contributed by atoms with Gasteiger partial charge in [-0.15, -0.1) is 11.3 Å². The molecule has 16 nitrogen and oxygen atoms in total. The number of non-ortho nitro benzene ring substituents is 1. The standard InChI is InChI=1S/C22H26N6O10S2.Na.H/c1-11(2)17-16(19(30)27(17)40(34,35)36)25-18(29)15(14-10-39-21(23)24-14)26-38-22(3,4)20(31)37-9-12-5-7-13(8-6-12)28(32)33;;/h5-8,10-11,16-17H,9H2,1-4H3,(H2,23,24)(H,25,29)(H,34,35,36);;/q;+1;-1/b26-15-;;. The zero-order valence-electron chi connectivity index (χ0n) is 23.6. The number of oxime groups is 1. The largest absolute Gasteiger partial charge is 1.00 e. The summed E-state index contributed by atoms with van der Waals surface area (Å²) >= 11 is 0.976. The molecule has 1 aliphatic rings. The summed E-state index contributed by atoms with van der Waals surface area (Å²) in [7, 11) is -4.85. The van der Waals surface area contributed by atoms with Crippen LogP contribution in [0.5, 0.6) is 0 Å². The molecule has 2 atom stereocenters. The summed E-state index contributed by atoms with van der Waals surface area (Å²) in [5.74, 6) is -3.40. The summed E-state index contributed by atoms with van der Waals surface area (Å²) in [5.41, 5.74) is 3.76. The van der Waals surface area contributed by atoms with Gasteiger partial charge in [-0.2, -0.15) is 8.42 Å². The number of anilines is 1. The van der Waals surface area contributed by atoms with E-state index >= 15 is 0 Å². The fraction of sp³-hybridized carbons (Fsp3) is 0.409. The molecule has 3 rings (SSSR count). The van der Waals surface area contributed by atoms with E-state index in [0.717, 1.165) is 11.3 Å². The van der Waals surface area contributed by atoms with Crippen LogP contribution in [0.2, 0.25) is 0 Å². The molecule has 1 fully saturated rings. The molecule has 1 aromatic carbocycles. The molecule has 1 saturated heterocycles. The maximum Gasteiger partial charge on any atom is 1.00 e. The first-order valence-electron chi connectivity index (χ1n) is 11.5. The number of nitrogen functional groups attached to an aromatic ring is 1. The third-order valence-corrected chi connectivity index (χ3v) is 7.26. The van der Waals surface area contributed by atoms with Gasteiger partial charge in [-0.25, -0.2) is 14.1 Å². The van der Waals surface area contributed by atoms with E-state index < -0.39 is 62.3 Å². The molecule has 19 heteroatoms. The molecule has 0 spiro atoms. The van der Waals surface area contributed by atoms with E-state index in [4.69, 9.17) is 15.3 Å². The summed E-state index contributed by atoms with van der Waals surface area (Å²) in [6.07, 6.45) is 0. The molecule has 0 aliphatic carbocycles. The zero-order valence-corrected chi connectivity index (χ0v) is 26.3. The van der Waals surface area contributed by atoms with Crippen LogP contribution in [0.3, 0.4) is 0 Å². The van der Waals surface area contributed by atoms with E-state index in [1.165, 1.54) is 43.5 Å². The van der Waals surface area contributed by atoms with Crippen molar-refractivity contribution in [2.75, 3.05) is 5.73 Å². The van der Waals surface area contributed by atoms with Gasteiger partial charge in [0.1, 0.15) is 18.3 Å². The average molecular weight is 623 g/mol. The number of aromatic nitrogens is 1. The monoisotopic (exact) mass is 622 g/mol. The molecule has 2 heterocycles. The van der Waals surface area contributed by atoms with Gasteiger partial charge in [-0.3, -0.25) is 24.3 Å². The Morgan fingerprint density at radius 1 is 1.34 bits per heavy atom. The van der Waals surface area contributed by atoms with E-state index in [1.54, 1.807) is 13.8 Å². The minimum atomic E-state index is -4.85. The Bertz CT molecular complexity index is 1470. The Balaban J connectivity index is 0.00000441. The van der Waals surface area contributed by atoms with Gasteiger partial charge in [0, 0.05) is 17.5 Å². The maximum absolute atomic E-state index is 13.2. The summed E-state index contributed by atoms with van der Waals surface area (Å²) in [6, 6.07) is 2.97. The fourth-order valence-corrected chi connectivity index (χ4v) is 5.16. The van der Waals surface area contributed by atoms with Crippen LogP contribution in [0, 0.1) is 16.0 Å². The van der Waals surface area contributed by atoms with E-state index in [9.17, 15) is 37.5 Å². The van der Waals surface area contributed by atoms with Gasteiger partial charge in [0.15, 0.2) is 10.8 Å². The van der Waals surface area contributed by atoms with Crippen molar-refractivity contribution in [2.24, 2.45) is 11.1 Å². The Morgan fingerprint density at radius 2 is 1.95 bits per heavy atom. The van der Waals surface area contributed by atoms with Crippen molar-refractivity contribution in [3.8, 4) is 0 Å². The first-order valence-corrected chi connectivity index (χ1v) is 13.8. The first kappa shape index (κ1) is 34.0. The van der Waals surface area contributed by atoms with Crippen molar-refractivity contribution in [2.45, 2.75) is 52.0 Å². The number of amides is 2. The molecular weight excluding hydrogens is 595 g/mol. The molecule has 41 heavy (non-hydrogen) atoms. The maximum atomic E-state index is 13.2. The number of nitro benzene ring substituents is 1. The topological polar surface area (TPSA) is 234 Å². The third-order valence-electron chi connectivity index (χ3n) is 5.67. The minimum Gasteiger partial charge on any atom is -1.00 e. The molecule has 218 valence electrons. The van der Waals surface area contributed by atoms with E-state index in [2.05, 4.69) is 15.5 Å². The van der Waals surface area contributed by atoms with Gasteiger partial charge in [0.05, 0.1) is 11.0 Å². The van der Waals surface area contributed by atoms with Crippen molar-refractivity contribution < 1.29 is 72.8 Å².